The Morgan fingerprint density at radius 1 is 1.03 bits per heavy atom. The Bertz CT molecular complexity index is 1320. The number of aromatic nitrogens is 1. The zero-order chi connectivity index (χ0) is 26.8. The van der Waals surface area contributed by atoms with Crippen LogP contribution in [0.4, 0.5) is 9.18 Å². The number of hydrogen-bond acceptors (Lipinski definition) is 5. The van der Waals surface area contributed by atoms with Gasteiger partial charge in [-0.05, 0) is 89.6 Å². The Morgan fingerprint density at radius 2 is 1.61 bits per heavy atom. The summed E-state index contributed by atoms with van der Waals surface area (Å²) in [6, 6.07) is 14.7. The van der Waals surface area contributed by atoms with Crippen molar-refractivity contribution < 1.29 is 27.1 Å². The van der Waals surface area contributed by atoms with E-state index in [0.717, 1.165) is 34.5 Å². The van der Waals surface area contributed by atoms with Gasteiger partial charge in [0, 0.05) is 23.2 Å². The number of nitrogens with zero attached hydrogens (tertiary/aromatic N) is 1. The molecule has 2 unspecified atom stereocenters. The third-order valence-corrected chi connectivity index (χ3v) is 6.64. The normalized spacial score (nSPS) is 13.8. The Labute approximate surface area is 212 Å². The molecular weight excluding hydrogens is 483 g/mol. The molecule has 36 heavy (non-hydrogen) atoms. The predicted octanol–water partition coefficient (Wildman–Crippen LogP) is 5.94. The monoisotopic (exact) mass is 516 g/mol. The zero-order valence-corrected chi connectivity index (χ0v) is 22.4. The standard InChI is InChI=1S/C27H33FN2O5S/c1-17-24(18(2)34-19(3)29-26(31)35-27(4,5)6)16-25(30(17)22-12-10-21(28)11-13-22)20-8-14-23(15-9-20)36(7,32)33/h8-16,18-19H,1-7H3,(H,29,31). The van der Waals surface area contributed by atoms with E-state index in [1.54, 1.807) is 64.1 Å². The summed E-state index contributed by atoms with van der Waals surface area (Å²) in [6.45, 7) is 10.9. The van der Waals surface area contributed by atoms with Crippen LogP contribution >= 0.6 is 0 Å². The number of alkyl carbamates (subject to hydrolysis) is 1. The highest BCUT2D eigenvalue weighted by molar-refractivity contribution is 7.90. The van der Waals surface area contributed by atoms with Crippen molar-refractivity contribution in [2.45, 2.75) is 64.4 Å². The molecule has 1 heterocycles. The van der Waals surface area contributed by atoms with Crippen LogP contribution in [-0.4, -0.2) is 37.2 Å². The van der Waals surface area contributed by atoms with Gasteiger partial charge in [-0.2, -0.15) is 0 Å². The SMILES string of the molecule is Cc1c(C(C)OC(C)NC(=O)OC(C)(C)C)cc(-c2ccc(S(C)(=O)=O)cc2)n1-c1ccc(F)cc1. The molecule has 9 heteroatoms. The van der Waals surface area contributed by atoms with Crippen molar-refractivity contribution in [3.05, 3.63) is 71.7 Å². The molecule has 0 spiro atoms. The number of benzene rings is 2. The van der Waals surface area contributed by atoms with E-state index in [0.29, 0.717) is 0 Å². The van der Waals surface area contributed by atoms with Gasteiger partial charge in [0.1, 0.15) is 17.6 Å². The van der Waals surface area contributed by atoms with Crippen LogP contribution in [0.5, 0.6) is 0 Å². The molecule has 1 amide bonds. The lowest BCUT2D eigenvalue weighted by molar-refractivity contribution is -0.0208. The van der Waals surface area contributed by atoms with Crippen molar-refractivity contribution in [3.8, 4) is 16.9 Å². The predicted molar refractivity (Wildman–Crippen MR) is 137 cm³/mol. The minimum Gasteiger partial charge on any atom is -0.444 e. The van der Waals surface area contributed by atoms with Crippen LogP contribution in [0.15, 0.2) is 59.5 Å². The Kier molecular flexibility index (Phi) is 7.95. The second-order valence-electron chi connectivity index (χ2n) is 9.75. The van der Waals surface area contributed by atoms with Crippen LogP contribution in [0.1, 0.15) is 52.0 Å². The Morgan fingerprint density at radius 3 is 2.14 bits per heavy atom. The van der Waals surface area contributed by atoms with E-state index in [2.05, 4.69) is 5.32 Å². The fourth-order valence-corrected chi connectivity index (χ4v) is 4.56. The molecule has 7 nitrogen and oxygen atoms in total. The summed E-state index contributed by atoms with van der Waals surface area (Å²) in [5.74, 6) is -0.346. The average molecular weight is 517 g/mol. The van der Waals surface area contributed by atoms with E-state index < -0.39 is 33.9 Å². The first-order valence-electron chi connectivity index (χ1n) is 11.6. The quantitative estimate of drug-likeness (QED) is 0.393. The number of halogens is 1. The molecule has 0 aliphatic carbocycles. The third kappa shape index (κ3) is 6.73. The van der Waals surface area contributed by atoms with Crippen molar-refractivity contribution in [1.82, 2.24) is 9.88 Å². The summed E-state index contributed by atoms with van der Waals surface area (Å²) in [5.41, 5.74) is 3.42. The van der Waals surface area contributed by atoms with Crippen molar-refractivity contribution in [2.24, 2.45) is 0 Å². The van der Waals surface area contributed by atoms with Gasteiger partial charge in [0.25, 0.3) is 0 Å². The first-order chi connectivity index (χ1) is 16.7. The molecule has 194 valence electrons. The first-order valence-corrected chi connectivity index (χ1v) is 13.5. The molecule has 0 bridgehead atoms. The number of amides is 1. The van der Waals surface area contributed by atoms with E-state index >= 15 is 0 Å². The maximum Gasteiger partial charge on any atom is 0.409 e. The number of ether oxygens (including phenoxy) is 2. The molecule has 3 aromatic rings. The molecule has 0 radical (unpaired) electrons. The summed E-state index contributed by atoms with van der Waals surface area (Å²) in [7, 11) is -3.33. The average Bonchev–Trinajstić information content (AvgIpc) is 3.09. The Hall–Kier alpha value is -3.17. The second kappa shape index (κ2) is 10.4. The molecular formula is C27H33FN2O5S. The summed E-state index contributed by atoms with van der Waals surface area (Å²) in [5, 5.41) is 2.68. The molecule has 0 aliphatic heterocycles. The van der Waals surface area contributed by atoms with Crippen LogP contribution in [0.25, 0.3) is 16.9 Å². The molecule has 0 fully saturated rings. The van der Waals surface area contributed by atoms with Gasteiger partial charge in [-0.25, -0.2) is 17.6 Å². The van der Waals surface area contributed by atoms with E-state index in [-0.39, 0.29) is 10.7 Å². The van der Waals surface area contributed by atoms with Gasteiger partial charge in [0.15, 0.2) is 9.84 Å². The zero-order valence-electron chi connectivity index (χ0n) is 21.6. The summed E-state index contributed by atoms with van der Waals surface area (Å²) >= 11 is 0. The molecule has 0 saturated heterocycles. The lowest BCUT2D eigenvalue weighted by Crippen LogP contribution is -2.39. The van der Waals surface area contributed by atoms with E-state index in [9.17, 15) is 17.6 Å². The van der Waals surface area contributed by atoms with Crippen molar-refractivity contribution >= 4 is 15.9 Å². The second-order valence-corrected chi connectivity index (χ2v) is 11.8. The molecule has 3 rings (SSSR count). The highest BCUT2D eigenvalue weighted by Gasteiger charge is 2.23. The fraction of sp³-hybridized carbons (Fsp3) is 0.370. The van der Waals surface area contributed by atoms with E-state index in [1.807, 2.05) is 24.5 Å². The number of sulfone groups is 1. The lowest BCUT2D eigenvalue weighted by atomic mass is 10.1. The lowest BCUT2D eigenvalue weighted by Gasteiger charge is -2.24. The van der Waals surface area contributed by atoms with Gasteiger partial charge >= 0.3 is 6.09 Å². The van der Waals surface area contributed by atoms with Crippen molar-refractivity contribution in [1.29, 1.82) is 0 Å². The van der Waals surface area contributed by atoms with Crippen LogP contribution in [-0.2, 0) is 19.3 Å². The number of rotatable bonds is 7. The summed E-state index contributed by atoms with van der Waals surface area (Å²) in [6.07, 6.45) is -0.446. The minimum absolute atomic E-state index is 0.224. The van der Waals surface area contributed by atoms with E-state index in [1.165, 1.54) is 12.1 Å². The largest absolute Gasteiger partial charge is 0.444 e. The molecule has 1 aromatic heterocycles. The van der Waals surface area contributed by atoms with Gasteiger partial charge in [-0.1, -0.05) is 12.1 Å². The van der Waals surface area contributed by atoms with Crippen molar-refractivity contribution in [3.63, 3.8) is 0 Å². The van der Waals surface area contributed by atoms with Crippen LogP contribution in [0.2, 0.25) is 0 Å². The van der Waals surface area contributed by atoms with Gasteiger partial charge < -0.3 is 14.0 Å². The maximum atomic E-state index is 13.6. The smallest absolute Gasteiger partial charge is 0.409 e. The number of carbonyl (C=O) groups is 1. The minimum atomic E-state index is -3.33. The summed E-state index contributed by atoms with van der Waals surface area (Å²) in [4.78, 5) is 12.3. The van der Waals surface area contributed by atoms with Crippen LogP contribution < -0.4 is 5.32 Å². The van der Waals surface area contributed by atoms with E-state index in [4.69, 9.17) is 9.47 Å². The summed E-state index contributed by atoms with van der Waals surface area (Å²) < 4.78 is 50.8. The molecule has 2 aromatic carbocycles. The first kappa shape index (κ1) is 27.4. The Balaban J connectivity index is 1.97. The number of hydrogen-bond donors (Lipinski definition) is 1. The van der Waals surface area contributed by atoms with Gasteiger partial charge in [-0.15, -0.1) is 0 Å². The highest BCUT2D eigenvalue weighted by atomic mass is 32.2. The fourth-order valence-electron chi connectivity index (χ4n) is 3.93. The topological polar surface area (TPSA) is 86.6 Å². The molecule has 0 aliphatic rings. The highest BCUT2D eigenvalue weighted by Crippen LogP contribution is 2.34. The maximum absolute atomic E-state index is 13.6. The molecule has 0 saturated carbocycles. The van der Waals surface area contributed by atoms with Crippen LogP contribution in [0.3, 0.4) is 0 Å². The van der Waals surface area contributed by atoms with Gasteiger partial charge in [-0.3, -0.25) is 5.32 Å². The third-order valence-electron chi connectivity index (χ3n) is 5.52. The number of carbonyl (C=O) groups excluding carboxylic acids is 1. The van der Waals surface area contributed by atoms with Gasteiger partial charge in [0.05, 0.1) is 16.7 Å². The molecule has 1 N–H and O–H groups in total. The van der Waals surface area contributed by atoms with Gasteiger partial charge in [0.2, 0.25) is 0 Å². The van der Waals surface area contributed by atoms with Crippen molar-refractivity contribution in [2.75, 3.05) is 6.26 Å². The molecule has 2 atom stereocenters. The van der Waals surface area contributed by atoms with Crippen LogP contribution in [0, 0.1) is 12.7 Å². The number of nitrogens with one attached hydrogen (secondary N) is 1.